The molecule has 144 valence electrons. The van der Waals surface area contributed by atoms with Gasteiger partial charge in [-0.05, 0) is 41.3 Å². The Morgan fingerprint density at radius 1 is 1.00 bits per heavy atom. The van der Waals surface area contributed by atoms with Crippen LogP contribution < -0.4 is 15.4 Å². The van der Waals surface area contributed by atoms with Gasteiger partial charge in [-0.25, -0.2) is 0 Å². The van der Waals surface area contributed by atoms with Crippen molar-refractivity contribution >= 4 is 40.3 Å². The van der Waals surface area contributed by atoms with Crippen LogP contribution in [0.15, 0.2) is 53.2 Å². The van der Waals surface area contributed by atoms with Gasteiger partial charge in [0.15, 0.2) is 0 Å². The molecule has 1 aromatic carbocycles. The average Bonchev–Trinajstić information content (AvgIpc) is 3.42. The predicted molar refractivity (Wildman–Crippen MR) is 109 cm³/mol. The zero-order valence-electron chi connectivity index (χ0n) is 15.1. The van der Waals surface area contributed by atoms with E-state index in [2.05, 4.69) is 10.6 Å². The van der Waals surface area contributed by atoms with Crippen LogP contribution in [0.2, 0.25) is 0 Å². The Labute approximate surface area is 170 Å². The third-order valence-electron chi connectivity index (χ3n) is 3.89. The Balaban J connectivity index is 1.48. The van der Waals surface area contributed by atoms with Gasteiger partial charge < -0.3 is 15.4 Å². The maximum absolute atomic E-state index is 12.3. The van der Waals surface area contributed by atoms with Gasteiger partial charge in [0, 0.05) is 22.4 Å². The number of carbonyl (C=O) groups excluding carboxylic acids is 3. The fraction of sp³-hybridized carbons (Fsp3) is 0.150. The van der Waals surface area contributed by atoms with Gasteiger partial charge in [0.1, 0.15) is 5.75 Å². The molecule has 0 saturated carbocycles. The van der Waals surface area contributed by atoms with E-state index < -0.39 is 11.8 Å². The zero-order valence-corrected chi connectivity index (χ0v) is 16.7. The zero-order chi connectivity index (χ0) is 19.9. The number of rotatable bonds is 7. The lowest BCUT2D eigenvalue weighted by Crippen LogP contribution is -2.39. The molecule has 2 heterocycles. The first-order valence-corrected chi connectivity index (χ1v) is 10.2. The molecular weight excluding hydrogens is 396 g/mol. The van der Waals surface area contributed by atoms with Crippen molar-refractivity contribution in [2.24, 2.45) is 0 Å². The first-order chi connectivity index (χ1) is 13.6. The van der Waals surface area contributed by atoms with E-state index in [4.69, 9.17) is 4.74 Å². The van der Waals surface area contributed by atoms with Crippen LogP contribution in [-0.4, -0.2) is 24.7 Å². The lowest BCUT2D eigenvalue weighted by atomic mass is 10.2. The van der Waals surface area contributed by atoms with Crippen molar-refractivity contribution in [2.45, 2.75) is 13.1 Å². The molecule has 0 aliphatic carbocycles. The highest BCUT2D eigenvalue weighted by Crippen LogP contribution is 2.21. The molecule has 0 aliphatic heterocycles. The lowest BCUT2D eigenvalue weighted by molar-refractivity contribution is -0.139. The molecule has 3 rings (SSSR count). The number of ether oxygens (including phenoxy) is 1. The Kier molecular flexibility index (Phi) is 6.57. The molecule has 8 heteroatoms. The topological polar surface area (TPSA) is 84.5 Å². The first-order valence-electron chi connectivity index (χ1n) is 8.41. The van der Waals surface area contributed by atoms with E-state index in [0.717, 1.165) is 10.4 Å². The summed E-state index contributed by atoms with van der Waals surface area (Å²) >= 11 is 2.77. The van der Waals surface area contributed by atoms with Gasteiger partial charge in [0.2, 0.25) is 5.78 Å². The smallest absolute Gasteiger partial charge is 0.309 e. The molecule has 0 aliphatic rings. The summed E-state index contributed by atoms with van der Waals surface area (Å²) in [4.78, 5) is 37.6. The standard InChI is InChI=1S/C20H18N2O4S2/c1-26-15-4-2-3-13(9-15)10-21-19(24)20(25)22-11-16-5-6-17(28-16)18(23)14-7-8-27-12-14/h2-9,12H,10-11H2,1H3,(H,21,24)(H,22,25). The Morgan fingerprint density at radius 2 is 1.79 bits per heavy atom. The average molecular weight is 415 g/mol. The Bertz CT molecular complexity index is 980. The highest BCUT2D eigenvalue weighted by molar-refractivity contribution is 7.14. The minimum absolute atomic E-state index is 0.0418. The maximum atomic E-state index is 12.3. The Morgan fingerprint density at radius 3 is 2.50 bits per heavy atom. The van der Waals surface area contributed by atoms with Crippen molar-refractivity contribution in [2.75, 3.05) is 7.11 Å². The molecule has 2 N–H and O–H groups in total. The van der Waals surface area contributed by atoms with E-state index in [1.54, 1.807) is 42.8 Å². The van der Waals surface area contributed by atoms with Crippen LogP contribution in [-0.2, 0) is 22.7 Å². The number of hydrogen-bond acceptors (Lipinski definition) is 6. The largest absolute Gasteiger partial charge is 0.497 e. The molecule has 0 unspecified atom stereocenters. The molecule has 0 radical (unpaired) electrons. The van der Waals surface area contributed by atoms with E-state index in [9.17, 15) is 14.4 Å². The fourth-order valence-corrected chi connectivity index (χ4v) is 3.97. The summed E-state index contributed by atoms with van der Waals surface area (Å²) in [6, 6.07) is 12.5. The maximum Gasteiger partial charge on any atom is 0.309 e. The van der Waals surface area contributed by atoms with Crippen LogP contribution in [0.25, 0.3) is 0 Å². The van der Waals surface area contributed by atoms with Gasteiger partial charge in [-0.15, -0.1) is 11.3 Å². The van der Waals surface area contributed by atoms with E-state index in [1.807, 2.05) is 17.5 Å². The summed E-state index contributed by atoms with van der Waals surface area (Å²) in [5.74, 6) is -0.794. The van der Waals surface area contributed by atoms with Crippen molar-refractivity contribution in [3.63, 3.8) is 0 Å². The van der Waals surface area contributed by atoms with Crippen LogP contribution >= 0.6 is 22.7 Å². The summed E-state index contributed by atoms with van der Waals surface area (Å²) < 4.78 is 5.12. The molecule has 0 saturated heterocycles. The molecule has 0 spiro atoms. The Hall–Kier alpha value is -2.97. The van der Waals surface area contributed by atoms with Crippen LogP contribution in [0.3, 0.4) is 0 Å². The van der Waals surface area contributed by atoms with Crippen molar-refractivity contribution in [3.8, 4) is 5.75 Å². The number of amides is 2. The van der Waals surface area contributed by atoms with Gasteiger partial charge in [0.25, 0.3) is 0 Å². The van der Waals surface area contributed by atoms with Crippen molar-refractivity contribution in [1.82, 2.24) is 10.6 Å². The van der Waals surface area contributed by atoms with Gasteiger partial charge in [-0.2, -0.15) is 11.3 Å². The molecule has 0 fully saturated rings. The van der Waals surface area contributed by atoms with E-state index in [1.165, 1.54) is 22.7 Å². The number of benzene rings is 1. The van der Waals surface area contributed by atoms with E-state index in [-0.39, 0.29) is 18.9 Å². The van der Waals surface area contributed by atoms with Crippen LogP contribution in [0.4, 0.5) is 0 Å². The van der Waals surface area contributed by atoms with Gasteiger partial charge in [-0.1, -0.05) is 12.1 Å². The normalized spacial score (nSPS) is 10.3. The predicted octanol–water partition coefficient (Wildman–Crippen LogP) is 2.98. The number of ketones is 1. The highest BCUT2D eigenvalue weighted by atomic mass is 32.1. The van der Waals surface area contributed by atoms with E-state index >= 15 is 0 Å². The van der Waals surface area contributed by atoms with Crippen LogP contribution in [0.5, 0.6) is 5.75 Å². The molecule has 2 amide bonds. The van der Waals surface area contributed by atoms with Crippen molar-refractivity contribution in [3.05, 3.63) is 74.1 Å². The van der Waals surface area contributed by atoms with Gasteiger partial charge in [-0.3, -0.25) is 14.4 Å². The summed E-state index contributed by atoms with van der Waals surface area (Å²) in [6.07, 6.45) is 0. The molecule has 0 bridgehead atoms. The minimum Gasteiger partial charge on any atom is -0.497 e. The number of hydrogen-bond donors (Lipinski definition) is 2. The van der Waals surface area contributed by atoms with Gasteiger partial charge >= 0.3 is 11.8 Å². The second kappa shape index (κ2) is 9.29. The van der Waals surface area contributed by atoms with E-state index in [0.29, 0.717) is 16.2 Å². The second-order valence-corrected chi connectivity index (χ2v) is 7.77. The number of nitrogens with one attached hydrogen (secondary N) is 2. The molecule has 0 atom stereocenters. The SMILES string of the molecule is COc1cccc(CNC(=O)C(=O)NCc2ccc(C(=O)c3ccsc3)s2)c1. The highest BCUT2D eigenvalue weighted by Gasteiger charge is 2.15. The second-order valence-electron chi connectivity index (χ2n) is 5.82. The summed E-state index contributed by atoms with van der Waals surface area (Å²) in [7, 11) is 1.56. The molecular formula is C20H18N2O4S2. The number of thiophene rings is 2. The number of methoxy groups -OCH3 is 1. The first kappa shape index (κ1) is 19.8. The van der Waals surface area contributed by atoms with Crippen molar-refractivity contribution in [1.29, 1.82) is 0 Å². The number of carbonyl (C=O) groups is 3. The van der Waals surface area contributed by atoms with Crippen LogP contribution in [0.1, 0.15) is 25.7 Å². The van der Waals surface area contributed by atoms with Gasteiger partial charge in [0.05, 0.1) is 18.5 Å². The third kappa shape index (κ3) is 5.05. The van der Waals surface area contributed by atoms with Crippen molar-refractivity contribution < 1.29 is 19.1 Å². The monoisotopic (exact) mass is 414 g/mol. The third-order valence-corrected chi connectivity index (χ3v) is 5.65. The fourth-order valence-electron chi connectivity index (χ4n) is 2.42. The summed E-state index contributed by atoms with van der Waals surface area (Å²) in [5.41, 5.74) is 1.48. The molecule has 28 heavy (non-hydrogen) atoms. The molecule has 2 aromatic heterocycles. The minimum atomic E-state index is -0.720. The molecule has 3 aromatic rings. The summed E-state index contributed by atoms with van der Waals surface area (Å²) in [6.45, 7) is 0.411. The van der Waals surface area contributed by atoms with Crippen LogP contribution in [0, 0.1) is 0 Å². The summed E-state index contributed by atoms with van der Waals surface area (Å²) in [5, 5.41) is 8.80. The molecule has 6 nitrogen and oxygen atoms in total. The quantitative estimate of drug-likeness (QED) is 0.460. The lowest BCUT2D eigenvalue weighted by Gasteiger charge is -2.07.